The predicted molar refractivity (Wildman–Crippen MR) is 104 cm³/mol. The van der Waals surface area contributed by atoms with E-state index in [1.54, 1.807) is 42.2 Å². The molecule has 0 unspecified atom stereocenters. The lowest BCUT2D eigenvalue weighted by Crippen LogP contribution is -2.28. The molecule has 1 N–H and O–H groups in total. The van der Waals surface area contributed by atoms with Gasteiger partial charge in [-0.2, -0.15) is 5.10 Å². The second kappa shape index (κ2) is 7.38. The van der Waals surface area contributed by atoms with E-state index in [1.165, 1.54) is 11.7 Å². The first-order chi connectivity index (χ1) is 13.6. The third-order valence-corrected chi connectivity index (χ3v) is 5.03. The van der Waals surface area contributed by atoms with Gasteiger partial charge in [-0.1, -0.05) is 0 Å². The van der Waals surface area contributed by atoms with Gasteiger partial charge in [-0.3, -0.25) is 9.59 Å². The normalized spacial score (nSPS) is 13.2. The summed E-state index contributed by atoms with van der Waals surface area (Å²) in [5.74, 6) is 0.786. The van der Waals surface area contributed by atoms with E-state index in [1.807, 2.05) is 0 Å². The summed E-state index contributed by atoms with van der Waals surface area (Å²) in [6, 6.07) is 5.14. The number of rotatable bonds is 5. The van der Waals surface area contributed by atoms with E-state index in [2.05, 4.69) is 10.4 Å². The molecule has 0 aliphatic heterocycles. The second-order valence-corrected chi connectivity index (χ2v) is 6.77. The highest BCUT2D eigenvalue weighted by Gasteiger charge is 2.20. The topological polar surface area (TPSA) is 86.9 Å². The van der Waals surface area contributed by atoms with Gasteiger partial charge in [0.15, 0.2) is 0 Å². The average molecular weight is 382 g/mol. The van der Waals surface area contributed by atoms with Gasteiger partial charge >= 0.3 is 0 Å². The Morgan fingerprint density at radius 3 is 2.79 bits per heavy atom. The number of aryl methyl sites for hydroxylation is 2. The number of methoxy groups -OCH3 is 2. The molecule has 0 fully saturated rings. The molecule has 3 aromatic rings. The zero-order valence-electron chi connectivity index (χ0n) is 15.9. The molecule has 28 heavy (non-hydrogen) atoms. The highest BCUT2D eigenvalue weighted by molar-refractivity contribution is 5.92. The molecule has 2 heterocycles. The van der Waals surface area contributed by atoms with E-state index in [-0.39, 0.29) is 18.0 Å². The largest absolute Gasteiger partial charge is 0.497 e. The van der Waals surface area contributed by atoms with Crippen molar-refractivity contribution in [3.8, 4) is 11.5 Å². The van der Waals surface area contributed by atoms with Crippen LogP contribution in [0.25, 0.3) is 5.52 Å². The lowest BCUT2D eigenvalue weighted by molar-refractivity contribution is -0.116. The van der Waals surface area contributed by atoms with Crippen LogP contribution in [0, 0.1) is 0 Å². The van der Waals surface area contributed by atoms with Crippen LogP contribution in [0.4, 0.5) is 5.69 Å². The zero-order valence-corrected chi connectivity index (χ0v) is 15.9. The molecule has 2 aromatic heterocycles. The van der Waals surface area contributed by atoms with Crippen LogP contribution in [0.3, 0.4) is 0 Å². The maximum Gasteiger partial charge on any atom is 0.277 e. The van der Waals surface area contributed by atoms with Gasteiger partial charge < -0.3 is 19.4 Å². The fraction of sp³-hybridized carbons (Fsp3) is 0.350. The smallest absolute Gasteiger partial charge is 0.277 e. The van der Waals surface area contributed by atoms with Crippen molar-refractivity contribution in [2.45, 2.75) is 32.2 Å². The van der Waals surface area contributed by atoms with Gasteiger partial charge in [0.1, 0.15) is 23.6 Å². The first-order valence-electron chi connectivity index (χ1n) is 9.22. The Labute approximate surface area is 161 Å². The fourth-order valence-electron chi connectivity index (χ4n) is 3.64. The van der Waals surface area contributed by atoms with Crippen LogP contribution in [0.2, 0.25) is 0 Å². The van der Waals surface area contributed by atoms with Crippen molar-refractivity contribution in [3.05, 3.63) is 52.2 Å². The molecule has 146 valence electrons. The number of carbonyl (C=O) groups is 1. The molecule has 1 aromatic carbocycles. The van der Waals surface area contributed by atoms with Crippen LogP contribution in [-0.2, 0) is 24.2 Å². The summed E-state index contributed by atoms with van der Waals surface area (Å²) in [7, 11) is 3.08. The number of hydrogen-bond acceptors (Lipinski definition) is 5. The molecule has 4 rings (SSSR count). The van der Waals surface area contributed by atoms with Gasteiger partial charge in [0.25, 0.3) is 5.56 Å². The number of aromatic nitrogens is 3. The van der Waals surface area contributed by atoms with Gasteiger partial charge in [-0.25, -0.2) is 4.52 Å². The van der Waals surface area contributed by atoms with Crippen LogP contribution < -0.4 is 20.3 Å². The molecular formula is C20H22N4O4. The molecule has 0 saturated heterocycles. The van der Waals surface area contributed by atoms with Crippen molar-refractivity contribution in [1.82, 2.24) is 14.2 Å². The SMILES string of the molecule is COc1ccc(OC)c(NC(=O)Cn2ccn3nc4c(c3c2=O)CCCC4)c1. The predicted octanol–water partition coefficient (Wildman–Crippen LogP) is 2.03. The van der Waals surface area contributed by atoms with E-state index in [0.717, 1.165) is 36.9 Å². The Morgan fingerprint density at radius 2 is 2.00 bits per heavy atom. The molecule has 0 radical (unpaired) electrons. The number of benzene rings is 1. The number of ether oxygens (including phenoxy) is 2. The number of nitrogens with one attached hydrogen (secondary N) is 1. The number of nitrogens with zero attached hydrogens (tertiary/aromatic N) is 3. The van der Waals surface area contributed by atoms with Gasteiger partial charge in [0, 0.05) is 24.0 Å². The average Bonchev–Trinajstić information content (AvgIpc) is 3.09. The lowest BCUT2D eigenvalue weighted by atomic mass is 9.97. The van der Waals surface area contributed by atoms with E-state index < -0.39 is 0 Å². The number of hydrogen-bond donors (Lipinski definition) is 1. The molecule has 0 atom stereocenters. The molecule has 8 nitrogen and oxygen atoms in total. The Morgan fingerprint density at radius 1 is 1.18 bits per heavy atom. The minimum Gasteiger partial charge on any atom is -0.497 e. The van der Waals surface area contributed by atoms with Crippen molar-refractivity contribution in [3.63, 3.8) is 0 Å². The Bertz CT molecular complexity index is 1100. The standard InChI is InChI=1S/C20H22N4O4/c1-27-13-7-8-17(28-2)16(11-13)21-18(25)12-23-9-10-24-19(20(23)26)14-5-3-4-6-15(14)22-24/h7-11H,3-6,12H2,1-2H3,(H,21,25). The van der Waals surface area contributed by atoms with Gasteiger partial charge in [-0.05, 0) is 37.8 Å². The summed E-state index contributed by atoms with van der Waals surface area (Å²) in [6.07, 6.45) is 7.22. The molecule has 1 aliphatic carbocycles. The number of anilines is 1. The maximum absolute atomic E-state index is 13.0. The van der Waals surface area contributed by atoms with Crippen LogP contribution in [0.5, 0.6) is 11.5 Å². The quantitative estimate of drug-likeness (QED) is 0.730. The van der Waals surface area contributed by atoms with E-state index >= 15 is 0 Å². The van der Waals surface area contributed by atoms with Gasteiger partial charge in [0.05, 0.1) is 25.6 Å². The Kier molecular flexibility index (Phi) is 4.77. The van der Waals surface area contributed by atoms with Crippen molar-refractivity contribution < 1.29 is 14.3 Å². The third kappa shape index (κ3) is 3.21. The Balaban J connectivity index is 1.61. The van der Waals surface area contributed by atoms with Crippen LogP contribution in [-0.4, -0.2) is 34.3 Å². The maximum atomic E-state index is 13.0. The molecular weight excluding hydrogens is 360 g/mol. The molecule has 1 aliphatic rings. The molecule has 0 saturated carbocycles. The summed E-state index contributed by atoms with van der Waals surface area (Å²) in [5, 5.41) is 7.31. The summed E-state index contributed by atoms with van der Waals surface area (Å²) in [4.78, 5) is 25.5. The summed E-state index contributed by atoms with van der Waals surface area (Å²) < 4.78 is 13.5. The molecule has 0 spiro atoms. The van der Waals surface area contributed by atoms with Crippen molar-refractivity contribution in [1.29, 1.82) is 0 Å². The van der Waals surface area contributed by atoms with E-state index in [9.17, 15) is 9.59 Å². The van der Waals surface area contributed by atoms with Crippen molar-refractivity contribution >= 4 is 17.1 Å². The number of amides is 1. The van der Waals surface area contributed by atoms with E-state index in [0.29, 0.717) is 22.7 Å². The molecule has 0 bridgehead atoms. The first kappa shape index (κ1) is 18.1. The first-order valence-corrected chi connectivity index (χ1v) is 9.22. The van der Waals surface area contributed by atoms with Crippen LogP contribution in [0.15, 0.2) is 35.4 Å². The Hall–Kier alpha value is -3.29. The minimum atomic E-state index is -0.327. The monoisotopic (exact) mass is 382 g/mol. The summed E-state index contributed by atoms with van der Waals surface area (Å²) in [6.45, 7) is -0.102. The third-order valence-electron chi connectivity index (χ3n) is 5.03. The van der Waals surface area contributed by atoms with E-state index in [4.69, 9.17) is 9.47 Å². The van der Waals surface area contributed by atoms with Crippen LogP contribution in [0.1, 0.15) is 24.1 Å². The summed E-state index contributed by atoms with van der Waals surface area (Å²) >= 11 is 0. The molecule has 8 heteroatoms. The number of fused-ring (bicyclic) bond motifs is 3. The van der Waals surface area contributed by atoms with Crippen molar-refractivity contribution in [2.24, 2.45) is 0 Å². The second-order valence-electron chi connectivity index (χ2n) is 6.77. The fourth-order valence-corrected chi connectivity index (χ4v) is 3.64. The summed E-state index contributed by atoms with van der Waals surface area (Å²) in [5.41, 5.74) is 2.87. The zero-order chi connectivity index (χ0) is 19.7. The van der Waals surface area contributed by atoms with Crippen molar-refractivity contribution in [2.75, 3.05) is 19.5 Å². The number of carbonyl (C=O) groups excluding carboxylic acids is 1. The minimum absolute atomic E-state index is 0.102. The van der Waals surface area contributed by atoms with Gasteiger partial charge in [-0.15, -0.1) is 0 Å². The van der Waals surface area contributed by atoms with Crippen LogP contribution >= 0.6 is 0 Å². The van der Waals surface area contributed by atoms with Gasteiger partial charge in [0.2, 0.25) is 5.91 Å². The lowest BCUT2D eigenvalue weighted by Gasteiger charge is -2.13. The highest BCUT2D eigenvalue weighted by atomic mass is 16.5. The highest BCUT2D eigenvalue weighted by Crippen LogP contribution is 2.29. The molecule has 1 amide bonds.